The molecule has 7 rings (SSSR count). The van der Waals surface area contributed by atoms with Crippen molar-refractivity contribution in [3.63, 3.8) is 0 Å². The number of amidine groups is 1. The molecule has 1 aliphatic carbocycles. The Hall–Kier alpha value is -2.12. The van der Waals surface area contributed by atoms with Crippen molar-refractivity contribution < 1.29 is 71.7 Å². The van der Waals surface area contributed by atoms with Gasteiger partial charge in [-0.3, -0.25) is 11.0 Å². The first-order valence-corrected chi connectivity index (χ1v) is 14.4. The van der Waals surface area contributed by atoms with E-state index < -0.39 is 81.4 Å². The van der Waals surface area contributed by atoms with Crippen LogP contribution in [0.15, 0.2) is 11.2 Å². The van der Waals surface area contributed by atoms with E-state index in [1.54, 1.807) is 6.04 Å². The summed E-state index contributed by atoms with van der Waals surface area (Å²) in [5.41, 5.74) is -1.82. The minimum atomic E-state index is -5.28. The smallest absolute Gasteiger partial charge is 0.417 e. The molecule has 3 saturated heterocycles. The summed E-state index contributed by atoms with van der Waals surface area (Å²) in [6.45, 7) is 5.08. The average molecular weight is 868 g/mol. The van der Waals surface area contributed by atoms with Gasteiger partial charge in [0.2, 0.25) is 5.85 Å². The van der Waals surface area contributed by atoms with Crippen LogP contribution in [0, 0.1) is 67.4 Å². The van der Waals surface area contributed by atoms with Crippen LogP contribution in [0.5, 0.6) is 0 Å². The van der Waals surface area contributed by atoms with Crippen LogP contribution in [-0.4, -0.2) is 76.6 Å². The van der Waals surface area contributed by atoms with Crippen molar-refractivity contribution in [1.82, 2.24) is 14.8 Å². The number of ether oxygens (including phenoxy) is 1. The molecule has 2 aromatic rings. The van der Waals surface area contributed by atoms with Crippen LogP contribution in [0.4, 0.5) is 42.1 Å². The average Bonchev–Trinajstić information content (AvgIpc) is 3.20. The number of nitrogens with zero attached hydrogens (tertiary/aromatic N) is 4. The molecule has 0 amide bonds. The van der Waals surface area contributed by atoms with Gasteiger partial charge < -0.3 is 30.7 Å². The van der Waals surface area contributed by atoms with E-state index in [1.165, 1.54) is 43.7 Å². The number of fused-ring (bicyclic) bond motifs is 3. The summed E-state index contributed by atoms with van der Waals surface area (Å²) in [4.78, 5) is 11.9. The van der Waals surface area contributed by atoms with E-state index in [1.807, 2.05) is 0 Å². The maximum absolute atomic E-state index is 15.8. The number of benzene rings is 1. The molecular weight excluding hydrogens is 835 g/mol. The zero-order valence-electron chi connectivity index (χ0n) is 24.5. The van der Waals surface area contributed by atoms with Gasteiger partial charge in [-0.15, -0.1) is 0 Å². The van der Waals surface area contributed by atoms with E-state index in [-0.39, 0.29) is 62.3 Å². The summed E-state index contributed by atoms with van der Waals surface area (Å²) < 4.78 is 106. The van der Waals surface area contributed by atoms with Crippen LogP contribution < -0.4 is 11.1 Å². The maximum atomic E-state index is 15.8. The number of pyridine rings is 1. The first kappa shape index (κ1) is 34.2. The minimum absolute atomic E-state index is 0. The van der Waals surface area contributed by atoms with Crippen LogP contribution in [-0.2, 0) is 10.9 Å². The van der Waals surface area contributed by atoms with Gasteiger partial charge in [-0.2, -0.15) is 26.0 Å². The number of anilines is 2. The third-order valence-electron chi connectivity index (χ3n) is 8.80. The number of alkyl halides is 4. The van der Waals surface area contributed by atoms with Crippen LogP contribution >= 0.6 is 0 Å². The number of rotatable bonds is 1. The second-order valence-electron chi connectivity index (χ2n) is 11.8. The topological polar surface area (TPSA) is 99.2 Å². The van der Waals surface area contributed by atoms with Crippen molar-refractivity contribution >= 4 is 17.2 Å². The summed E-state index contributed by atoms with van der Waals surface area (Å²) in [6.07, 6.45) is 0.0414. The van der Waals surface area contributed by atoms with Crippen molar-refractivity contribution in [3.05, 3.63) is 46.4 Å². The summed E-state index contributed by atoms with van der Waals surface area (Å²) in [7, 11) is 0. The van der Waals surface area contributed by atoms with E-state index in [4.69, 9.17) is 10.5 Å². The van der Waals surface area contributed by atoms with Gasteiger partial charge in [0.25, 0.3) is 0 Å². The second kappa shape index (κ2) is 12.5. The number of halogens is 7. The summed E-state index contributed by atoms with van der Waals surface area (Å²) in [5.74, 6) is -7.61. The third-order valence-corrected chi connectivity index (χ3v) is 8.80. The number of aliphatic imine (C=N–C) groups is 1. The Morgan fingerprint density at radius 3 is 2.40 bits per heavy atom. The molecule has 5 aliphatic rings. The van der Waals surface area contributed by atoms with Crippen LogP contribution in [0.25, 0.3) is 11.3 Å². The molecule has 8 nitrogen and oxygen atoms in total. The van der Waals surface area contributed by atoms with Gasteiger partial charge in [-0.25, -0.2) is 22.6 Å². The zero-order chi connectivity index (χ0) is 31.7. The van der Waals surface area contributed by atoms with E-state index in [0.29, 0.717) is 0 Å². The second-order valence-corrected chi connectivity index (χ2v) is 11.8. The van der Waals surface area contributed by atoms with Crippen LogP contribution in [0.3, 0.4) is 0 Å². The molecule has 4 N–H and O–H groups in total. The number of aliphatic hydroxyl groups is 1. The number of nitrogens with one attached hydrogen (secondary N) is 1. The summed E-state index contributed by atoms with van der Waals surface area (Å²) in [5, 5.41) is 13.0. The predicted molar refractivity (Wildman–Crippen MR) is 147 cm³/mol. The maximum Gasteiger partial charge on any atom is 0.417 e. The van der Waals surface area contributed by atoms with Crippen molar-refractivity contribution in [2.75, 3.05) is 43.9 Å². The van der Waals surface area contributed by atoms with Gasteiger partial charge in [0.05, 0.1) is 41.6 Å². The van der Waals surface area contributed by atoms with Gasteiger partial charge in [0.15, 0.2) is 17.5 Å². The van der Waals surface area contributed by atoms with E-state index in [9.17, 15) is 31.4 Å². The fourth-order valence-corrected chi connectivity index (χ4v) is 6.62. The first-order valence-electron chi connectivity index (χ1n) is 14.4. The zero-order valence-corrected chi connectivity index (χ0v) is 28.7. The van der Waals surface area contributed by atoms with E-state index >= 15 is 4.39 Å². The fourth-order valence-electron chi connectivity index (χ4n) is 6.62. The molecule has 45 heavy (non-hydrogen) atoms. The van der Waals surface area contributed by atoms with Gasteiger partial charge >= 0.3 is 6.18 Å². The Morgan fingerprint density at radius 2 is 1.78 bits per heavy atom. The molecule has 1 saturated carbocycles. The van der Waals surface area contributed by atoms with Crippen molar-refractivity contribution in [2.24, 2.45) is 10.9 Å². The van der Waals surface area contributed by atoms with Crippen LogP contribution in [0.1, 0.15) is 49.3 Å². The van der Waals surface area contributed by atoms with Crippen LogP contribution in [0.2, 0.25) is 0 Å². The molecular formula is C29H32F7N6O2U-. The molecule has 4 aliphatic heterocycles. The largest absolute Gasteiger partial charge is 0.454 e. The third kappa shape index (κ3) is 6.17. The SMILES string of the molecule is C1C[C-]2CCCN2C1.Cc1c(F)c(N)c(F)c(-c2ncc3c(c2F)NC(C)(O)N=C3N2CCOC[C@H]3[C@H](F)[C@H]32)c1C(F)(F)F.[U]. The molecule has 1 aromatic carbocycles. The molecule has 0 bridgehead atoms. The molecule has 244 valence electrons. The number of nitrogens with two attached hydrogens (primary N) is 1. The van der Waals surface area contributed by atoms with E-state index in [0.717, 1.165) is 20.0 Å². The number of aromatic nitrogens is 1. The number of hydrogen-bond acceptors (Lipinski definition) is 8. The Kier molecular flexibility index (Phi) is 9.49. The van der Waals surface area contributed by atoms with Crippen molar-refractivity contribution in [3.8, 4) is 11.3 Å². The van der Waals surface area contributed by atoms with Crippen molar-refractivity contribution in [1.29, 1.82) is 0 Å². The quantitative estimate of drug-likeness (QED) is 0.211. The van der Waals surface area contributed by atoms with Gasteiger partial charge in [-0.1, -0.05) is 12.8 Å². The monoisotopic (exact) mass is 867 g/mol. The first-order chi connectivity index (χ1) is 20.7. The molecule has 16 heteroatoms. The predicted octanol–water partition coefficient (Wildman–Crippen LogP) is 4.99. The Labute approximate surface area is 279 Å². The molecule has 4 atom stereocenters. The van der Waals surface area contributed by atoms with Gasteiger partial charge in [0.1, 0.15) is 23.4 Å². The fraction of sp³-hybridized carbons (Fsp3) is 0.552. The summed E-state index contributed by atoms with van der Waals surface area (Å²) in [6, 6.07) is 1.08. The number of hydrogen-bond donors (Lipinski definition) is 3. The van der Waals surface area contributed by atoms with E-state index in [2.05, 4.69) is 20.2 Å². The Morgan fingerprint density at radius 1 is 1.11 bits per heavy atom. The Balaban J connectivity index is 0.000000383. The number of nitrogen functional groups attached to an aromatic ring is 1. The molecule has 1 aromatic heterocycles. The Bertz CT molecular complexity index is 1490. The normalized spacial score (nSPS) is 27.6. The molecule has 0 radical (unpaired) electrons. The minimum Gasteiger partial charge on any atom is -0.454 e. The molecule has 5 heterocycles. The molecule has 0 spiro atoms. The van der Waals surface area contributed by atoms with Gasteiger partial charge in [0, 0.05) is 56.7 Å². The molecule has 4 fully saturated rings. The van der Waals surface area contributed by atoms with Gasteiger partial charge in [-0.05, 0) is 25.6 Å². The standard InChI is InChI=1S/C22H20F7N5O2.C7H12N.U/c1-7-11(22(27,28)29)10(14(25)16(30)12(7)23)18-15(26)17-8(5-31-18)20(33-21(2,35)32-17)34-3-4-36-6-9-13(24)19(9)34;1-3-7-4-2-6-8(7)5-1;/h5,9,13,19,32,35H,3-4,6,30H2,1-2H3;1-6H2;/q;-1;/t9-,13-,19-,21?;;/m0../s1. The van der Waals surface area contributed by atoms with Crippen molar-refractivity contribution in [2.45, 2.75) is 63.8 Å². The molecule has 1 unspecified atom stereocenters. The summed E-state index contributed by atoms with van der Waals surface area (Å²) >= 11 is 0.